The van der Waals surface area contributed by atoms with E-state index in [1.54, 1.807) is 13.8 Å². The molecule has 0 aromatic heterocycles. The van der Waals surface area contributed by atoms with Gasteiger partial charge in [0.15, 0.2) is 6.04 Å². The molecule has 0 radical (unpaired) electrons. The van der Waals surface area contributed by atoms with Gasteiger partial charge in [-0.25, -0.2) is 9.59 Å². The first-order chi connectivity index (χ1) is 8.46. The molecule has 0 aliphatic carbocycles. The van der Waals surface area contributed by atoms with Crippen molar-refractivity contribution in [3.8, 4) is 6.07 Å². The van der Waals surface area contributed by atoms with Gasteiger partial charge < -0.3 is 20.1 Å². The van der Waals surface area contributed by atoms with Crippen molar-refractivity contribution in [3.05, 3.63) is 0 Å². The predicted octanol–water partition coefficient (Wildman–Crippen LogP) is 0.277. The Hall–Kier alpha value is -1.81. The number of hydrogen-bond donors (Lipinski definition) is 2. The van der Waals surface area contributed by atoms with E-state index in [0.29, 0.717) is 6.54 Å². The lowest BCUT2D eigenvalue weighted by atomic mass is 10.2. The molecule has 2 N–H and O–H groups in total. The highest BCUT2D eigenvalue weighted by atomic mass is 16.5. The van der Waals surface area contributed by atoms with E-state index < -0.39 is 18.0 Å². The van der Waals surface area contributed by atoms with E-state index in [1.165, 1.54) is 12.0 Å². The number of nitrogens with one attached hydrogen (secondary N) is 1. The molecule has 102 valence electrons. The molecule has 2 amide bonds. The summed E-state index contributed by atoms with van der Waals surface area (Å²) in [7, 11) is 1.36. The molecule has 0 aromatic carbocycles. The number of methoxy groups -OCH3 is 1. The second-order valence-corrected chi connectivity index (χ2v) is 3.86. The highest BCUT2D eigenvalue weighted by Crippen LogP contribution is 2.00. The molecule has 18 heavy (non-hydrogen) atoms. The van der Waals surface area contributed by atoms with Crippen molar-refractivity contribution < 1.29 is 19.4 Å². The van der Waals surface area contributed by atoms with Gasteiger partial charge in [0.1, 0.15) is 0 Å². The van der Waals surface area contributed by atoms with Gasteiger partial charge in [-0.1, -0.05) is 0 Å². The average molecular weight is 257 g/mol. The van der Waals surface area contributed by atoms with E-state index in [9.17, 15) is 9.59 Å². The van der Waals surface area contributed by atoms with Crippen molar-refractivity contribution in [3.63, 3.8) is 0 Å². The van der Waals surface area contributed by atoms with E-state index in [0.717, 1.165) is 0 Å². The summed E-state index contributed by atoms with van der Waals surface area (Å²) < 4.78 is 4.72. The van der Waals surface area contributed by atoms with Gasteiger partial charge in [0, 0.05) is 20.2 Å². The second kappa shape index (κ2) is 8.31. The minimum Gasteiger partial charge on any atom is -0.480 e. The molecular formula is C11H19N3O4. The SMILES string of the molecule is CCN(CC(C)C#N)C(=O)NC(COC)C(=O)O. The summed E-state index contributed by atoms with van der Waals surface area (Å²) in [6.45, 7) is 4.01. The number of nitrogens with zero attached hydrogens (tertiary/aromatic N) is 2. The Morgan fingerprint density at radius 1 is 1.56 bits per heavy atom. The zero-order chi connectivity index (χ0) is 14.1. The highest BCUT2D eigenvalue weighted by molar-refractivity contribution is 5.82. The molecule has 0 spiro atoms. The number of rotatable bonds is 7. The topological polar surface area (TPSA) is 103 Å². The quantitative estimate of drug-likeness (QED) is 0.681. The van der Waals surface area contributed by atoms with Crippen LogP contribution in [0.15, 0.2) is 0 Å². The fourth-order valence-electron chi connectivity index (χ4n) is 1.31. The first-order valence-corrected chi connectivity index (χ1v) is 5.63. The molecular weight excluding hydrogens is 238 g/mol. The van der Waals surface area contributed by atoms with Gasteiger partial charge in [0.05, 0.1) is 18.6 Å². The number of hydrogen-bond acceptors (Lipinski definition) is 4. The fraction of sp³-hybridized carbons (Fsp3) is 0.727. The summed E-state index contributed by atoms with van der Waals surface area (Å²) in [6, 6.07) is 0.424. The Morgan fingerprint density at radius 2 is 2.17 bits per heavy atom. The first-order valence-electron chi connectivity index (χ1n) is 5.63. The van der Waals surface area contributed by atoms with Crippen LogP contribution in [0.3, 0.4) is 0 Å². The molecule has 0 rings (SSSR count). The van der Waals surface area contributed by atoms with E-state index in [1.807, 2.05) is 6.07 Å². The summed E-state index contributed by atoms with van der Waals surface area (Å²) in [6.07, 6.45) is 0. The third-order valence-electron chi connectivity index (χ3n) is 2.31. The number of carboxylic acids is 1. The number of nitriles is 1. The summed E-state index contributed by atoms with van der Waals surface area (Å²) in [5.41, 5.74) is 0. The van der Waals surface area contributed by atoms with Gasteiger partial charge in [-0.05, 0) is 13.8 Å². The molecule has 0 heterocycles. The lowest BCUT2D eigenvalue weighted by Gasteiger charge is -2.24. The minimum atomic E-state index is -1.16. The molecule has 0 saturated carbocycles. The molecule has 0 aromatic rings. The van der Waals surface area contributed by atoms with Crippen LogP contribution in [-0.4, -0.2) is 54.9 Å². The van der Waals surface area contributed by atoms with Crippen LogP contribution in [0, 0.1) is 17.2 Å². The van der Waals surface area contributed by atoms with Crippen LogP contribution in [0.4, 0.5) is 4.79 Å². The van der Waals surface area contributed by atoms with Crippen LogP contribution in [0.1, 0.15) is 13.8 Å². The zero-order valence-electron chi connectivity index (χ0n) is 10.8. The third-order valence-corrected chi connectivity index (χ3v) is 2.31. The molecule has 2 unspecified atom stereocenters. The second-order valence-electron chi connectivity index (χ2n) is 3.86. The third kappa shape index (κ3) is 5.50. The molecule has 7 heteroatoms. The van der Waals surface area contributed by atoms with E-state index in [2.05, 4.69) is 5.32 Å². The monoisotopic (exact) mass is 257 g/mol. The summed E-state index contributed by atoms with van der Waals surface area (Å²) in [5, 5.41) is 19.9. The Morgan fingerprint density at radius 3 is 2.56 bits per heavy atom. The number of aliphatic carboxylic acids is 1. The zero-order valence-corrected chi connectivity index (χ0v) is 10.8. The molecule has 0 bridgehead atoms. The molecule has 0 saturated heterocycles. The number of amides is 2. The van der Waals surface area contributed by atoms with Gasteiger partial charge in [-0.3, -0.25) is 0 Å². The Bertz CT molecular complexity index is 327. The maximum absolute atomic E-state index is 11.8. The smallest absolute Gasteiger partial charge is 0.328 e. The Kier molecular flexibility index (Phi) is 7.47. The number of carbonyl (C=O) groups is 2. The van der Waals surface area contributed by atoms with E-state index in [-0.39, 0.29) is 19.1 Å². The molecule has 0 fully saturated rings. The lowest BCUT2D eigenvalue weighted by Crippen LogP contribution is -2.50. The standard InChI is InChI=1S/C11H19N3O4/c1-4-14(6-8(2)5-12)11(17)13-9(7-18-3)10(15)16/h8-9H,4,6-7H2,1-3H3,(H,13,17)(H,15,16). The number of urea groups is 1. The molecule has 7 nitrogen and oxygen atoms in total. The summed E-state index contributed by atoms with van der Waals surface area (Å²) in [4.78, 5) is 24.0. The average Bonchev–Trinajstić information content (AvgIpc) is 2.34. The normalized spacial score (nSPS) is 13.2. The first kappa shape index (κ1) is 16.2. The van der Waals surface area contributed by atoms with Crippen molar-refractivity contribution in [2.24, 2.45) is 5.92 Å². The maximum Gasteiger partial charge on any atom is 0.328 e. The van der Waals surface area contributed by atoms with Crippen molar-refractivity contribution in [2.45, 2.75) is 19.9 Å². The highest BCUT2D eigenvalue weighted by Gasteiger charge is 2.23. The van der Waals surface area contributed by atoms with Crippen molar-refractivity contribution in [2.75, 3.05) is 26.8 Å². The van der Waals surface area contributed by atoms with Crippen LogP contribution < -0.4 is 5.32 Å². The van der Waals surface area contributed by atoms with Gasteiger partial charge >= 0.3 is 12.0 Å². The molecule has 0 aliphatic heterocycles. The lowest BCUT2D eigenvalue weighted by molar-refractivity contribution is -0.140. The van der Waals surface area contributed by atoms with E-state index >= 15 is 0 Å². The van der Waals surface area contributed by atoms with Crippen LogP contribution in [0.25, 0.3) is 0 Å². The van der Waals surface area contributed by atoms with Crippen LogP contribution in [0.2, 0.25) is 0 Å². The molecule has 0 aliphatic rings. The van der Waals surface area contributed by atoms with Crippen molar-refractivity contribution in [1.29, 1.82) is 5.26 Å². The van der Waals surface area contributed by atoms with Gasteiger partial charge in [0.2, 0.25) is 0 Å². The van der Waals surface area contributed by atoms with E-state index in [4.69, 9.17) is 15.1 Å². The van der Waals surface area contributed by atoms with Gasteiger partial charge in [-0.15, -0.1) is 0 Å². The number of carbonyl (C=O) groups excluding carboxylic acids is 1. The van der Waals surface area contributed by atoms with Crippen LogP contribution >= 0.6 is 0 Å². The molecule has 2 atom stereocenters. The van der Waals surface area contributed by atoms with Crippen molar-refractivity contribution in [1.82, 2.24) is 10.2 Å². The summed E-state index contributed by atoms with van der Waals surface area (Å²) in [5.74, 6) is -1.46. The predicted molar refractivity (Wildman–Crippen MR) is 63.9 cm³/mol. The maximum atomic E-state index is 11.8. The van der Waals surface area contributed by atoms with Crippen molar-refractivity contribution >= 4 is 12.0 Å². The Balaban J connectivity index is 4.50. The minimum absolute atomic E-state index is 0.105. The summed E-state index contributed by atoms with van der Waals surface area (Å²) >= 11 is 0. The van der Waals surface area contributed by atoms with Crippen LogP contribution in [-0.2, 0) is 9.53 Å². The Labute approximate surface area is 106 Å². The number of carboxylic acid groups (broad SMARTS) is 1. The van der Waals surface area contributed by atoms with Gasteiger partial charge in [0.25, 0.3) is 0 Å². The van der Waals surface area contributed by atoms with Crippen LogP contribution in [0.5, 0.6) is 0 Å². The van der Waals surface area contributed by atoms with Gasteiger partial charge in [-0.2, -0.15) is 5.26 Å². The largest absolute Gasteiger partial charge is 0.480 e. The number of ether oxygens (including phenoxy) is 1. The fourth-order valence-corrected chi connectivity index (χ4v) is 1.31.